The van der Waals surface area contributed by atoms with Crippen molar-refractivity contribution in [2.24, 2.45) is 5.92 Å². The summed E-state index contributed by atoms with van der Waals surface area (Å²) in [5.41, 5.74) is 0.920. The molecule has 2 aliphatic heterocycles. The molecule has 12 nitrogen and oxygen atoms in total. The van der Waals surface area contributed by atoms with Gasteiger partial charge in [-0.25, -0.2) is 4.98 Å². The molecule has 3 heterocycles. The zero-order valence-electron chi connectivity index (χ0n) is 25.3. The van der Waals surface area contributed by atoms with Crippen LogP contribution in [0.4, 0.5) is 0 Å². The molecule has 0 spiro atoms. The number of rotatable bonds is 16. The minimum atomic E-state index is -2.58. The molecule has 1 aromatic carbocycles. The number of unbranched alkanes of at least 4 members (excludes halogenated alkanes) is 3. The molecule has 0 bridgehead atoms. The summed E-state index contributed by atoms with van der Waals surface area (Å²) in [7, 11) is 1.92. The predicted octanol–water partition coefficient (Wildman–Crippen LogP) is 1.54. The molecule has 4 rings (SSSR count). The van der Waals surface area contributed by atoms with Crippen molar-refractivity contribution in [3.05, 3.63) is 60.2 Å². The maximum Gasteiger partial charge on any atom is 0.605 e. The van der Waals surface area contributed by atoms with Gasteiger partial charge in [0.25, 0.3) is 5.91 Å². The fourth-order valence-electron chi connectivity index (χ4n) is 6.32. The van der Waals surface area contributed by atoms with Crippen molar-refractivity contribution in [1.29, 1.82) is 0 Å². The summed E-state index contributed by atoms with van der Waals surface area (Å²) in [5, 5.41) is 9.02. The van der Waals surface area contributed by atoms with Gasteiger partial charge in [0.1, 0.15) is 24.8 Å². The highest BCUT2D eigenvalue weighted by atomic mass is 16.7. The van der Waals surface area contributed by atoms with E-state index in [4.69, 9.17) is 9.31 Å². The second kappa shape index (κ2) is 14.6. The van der Waals surface area contributed by atoms with E-state index in [0.717, 1.165) is 37.8 Å². The number of benzene rings is 1. The van der Waals surface area contributed by atoms with E-state index in [1.807, 2.05) is 51.2 Å². The minimum Gasteiger partial charge on any atom is -0.599 e. The molecule has 2 fully saturated rings. The molecule has 1 aromatic heterocycles. The number of quaternary nitrogens is 1. The topological polar surface area (TPSA) is 149 Å². The number of amides is 2. The number of nitrogens with zero attached hydrogens (tertiary/aromatic N) is 3. The fraction of sp³-hybridized carbons (Fsp3) is 0.533. The minimum absolute atomic E-state index is 0.0174. The first-order chi connectivity index (χ1) is 20.7. The molecule has 2 aromatic rings. The number of fused-ring (bicyclic) bond motifs is 1. The lowest BCUT2D eigenvalue weighted by atomic mass is 9.57. The van der Waals surface area contributed by atoms with Gasteiger partial charge in [0.15, 0.2) is 0 Å². The molecular formula is C30H43BN6O6. The first-order valence-electron chi connectivity index (χ1n) is 15.2. The summed E-state index contributed by atoms with van der Waals surface area (Å²) in [4.78, 5) is 60.9. The first-order valence-corrected chi connectivity index (χ1v) is 15.2. The predicted molar refractivity (Wildman–Crippen MR) is 160 cm³/mol. The average Bonchev–Trinajstić information content (AvgIpc) is 3.40. The highest BCUT2D eigenvalue weighted by molar-refractivity contribution is 6.68. The number of hydrogen-bond acceptors (Lipinski definition) is 9. The Balaban J connectivity index is 1.60. The van der Waals surface area contributed by atoms with Crippen LogP contribution in [0.25, 0.3) is 0 Å². The van der Waals surface area contributed by atoms with Crippen LogP contribution in [0.5, 0.6) is 0 Å². The lowest BCUT2D eigenvalue weighted by Crippen LogP contribution is -2.73. The highest BCUT2D eigenvalue weighted by Crippen LogP contribution is 2.40. The zero-order chi connectivity index (χ0) is 30.9. The second-order valence-electron chi connectivity index (χ2n) is 12.0. The highest BCUT2D eigenvalue weighted by Gasteiger charge is 2.70. The zero-order valence-corrected chi connectivity index (χ0v) is 25.3. The molecule has 43 heavy (non-hydrogen) atoms. The smallest absolute Gasteiger partial charge is 0.599 e. The summed E-state index contributed by atoms with van der Waals surface area (Å²) in [6.45, 7) is 2.89. The average molecular weight is 595 g/mol. The lowest BCUT2D eigenvalue weighted by Gasteiger charge is -2.48. The fourth-order valence-corrected chi connectivity index (χ4v) is 6.32. The van der Waals surface area contributed by atoms with Crippen molar-refractivity contribution in [3.8, 4) is 0 Å². The SMILES string of the molecule is CNCCCCCC[N+]12CC(=O)O[B-]1([C@H](CC(C)C)NC(=O)[C@H](Cc1ccccc1)NC(=O)c1cnccn1)OC(=O)C2. The largest absolute Gasteiger partial charge is 0.605 e. The van der Waals surface area contributed by atoms with Crippen LogP contribution in [-0.2, 0) is 30.1 Å². The molecule has 232 valence electrons. The molecule has 2 aliphatic rings. The van der Waals surface area contributed by atoms with Gasteiger partial charge in [-0.15, -0.1) is 0 Å². The Bertz CT molecular complexity index is 1240. The Morgan fingerprint density at radius 3 is 2.30 bits per heavy atom. The summed E-state index contributed by atoms with van der Waals surface area (Å²) in [5.74, 6) is -2.60. The summed E-state index contributed by atoms with van der Waals surface area (Å²) in [6.07, 6.45) is 8.58. The Morgan fingerprint density at radius 1 is 0.977 bits per heavy atom. The third-order valence-electron chi connectivity index (χ3n) is 8.29. The van der Waals surface area contributed by atoms with E-state index in [0.29, 0.717) is 13.0 Å². The van der Waals surface area contributed by atoms with Crippen LogP contribution in [0, 0.1) is 5.92 Å². The van der Waals surface area contributed by atoms with Gasteiger partial charge in [-0.2, -0.15) is 0 Å². The van der Waals surface area contributed by atoms with Gasteiger partial charge in [-0.3, -0.25) is 24.2 Å². The van der Waals surface area contributed by atoms with E-state index in [1.54, 1.807) is 0 Å². The van der Waals surface area contributed by atoms with Gasteiger partial charge in [0.2, 0.25) is 5.91 Å². The number of carbonyl (C=O) groups is 4. The van der Waals surface area contributed by atoms with Crippen molar-refractivity contribution in [1.82, 2.24) is 25.9 Å². The van der Waals surface area contributed by atoms with Crippen molar-refractivity contribution in [2.45, 2.75) is 64.4 Å². The van der Waals surface area contributed by atoms with E-state index < -0.39 is 42.4 Å². The normalized spacial score (nSPS) is 22.4. The van der Waals surface area contributed by atoms with Gasteiger partial charge in [-0.05, 0) is 50.8 Å². The van der Waals surface area contributed by atoms with Crippen LogP contribution < -0.4 is 16.0 Å². The van der Waals surface area contributed by atoms with Gasteiger partial charge >= 0.3 is 18.6 Å². The third kappa shape index (κ3) is 7.77. The molecule has 0 saturated carbocycles. The van der Waals surface area contributed by atoms with Crippen LogP contribution in [0.1, 0.15) is 62.0 Å². The Hall–Kier alpha value is -3.84. The van der Waals surface area contributed by atoms with E-state index >= 15 is 0 Å². The number of hydrogen-bond donors (Lipinski definition) is 3. The maximum atomic E-state index is 14.0. The second-order valence-corrected chi connectivity index (χ2v) is 12.0. The standard InChI is InChI=1S/C30H43BN6O6/c1-22(2)17-26(31-37(20-27(38)42-31,21-28(39)43-31)16-10-5-4-9-13-32-3)36-29(40)24(18-23-11-7-6-8-12-23)35-30(41)25-19-33-14-15-34-25/h6-8,11-12,14-15,19,22,24,26,32H,4-5,9-10,13,16-18,20-21H2,1-3H3,(H,35,41)(H,36,40)/t24-,26-,31?,37?/m0/s1. The van der Waals surface area contributed by atoms with Gasteiger partial charge in [-0.1, -0.05) is 50.6 Å². The molecular weight excluding hydrogens is 551 g/mol. The van der Waals surface area contributed by atoms with Crippen LogP contribution in [0.15, 0.2) is 48.9 Å². The Kier molecular flexibility index (Phi) is 10.9. The van der Waals surface area contributed by atoms with Crippen LogP contribution in [0.3, 0.4) is 0 Å². The molecule has 13 heteroatoms. The summed E-state index contributed by atoms with van der Waals surface area (Å²) >= 11 is 0. The summed E-state index contributed by atoms with van der Waals surface area (Å²) in [6, 6.07) is 8.36. The molecule has 3 N–H and O–H groups in total. The molecule has 0 aliphatic carbocycles. The van der Waals surface area contributed by atoms with E-state index in [2.05, 4.69) is 25.9 Å². The lowest BCUT2D eigenvalue weighted by molar-refractivity contribution is -0.816. The molecule has 2 amide bonds. The van der Waals surface area contributed by atoms with Crippen molar-refractivity contribution < 1.29 is 32.9 Å². The Labute approximate surface area is 252 Å². The number of carbonyl (C=O) groups excluding carboxylic acids is 4. The third-order valence-corrected chi connectivity index (χ3v) is 8.29. The van der Waals surface area contributed by atoms with E-state index in [-0.39, 0.29) is 35.5 Å². The number of aromatic nitrogens is 2. The monoisotopic (exact) mass is 594 g/mol. The number of nitrogens with one attached hydrogen (secondary N) is 3. The van der Waals surface area contributed by atoms with Crippen molar-refractivity contribution >= 4 is 30.4 Å². The summed E-state index contributed by atoms with van der Waals surface area (Å²) < 4.78 is 12.0. The van der Waals surface area contributed by atoms with E-state index in [9.17, 15) is 19.2 Å². The van der Waals surface area contributed by atoms with Crippen LogP contribution in [0.2, 0.25) is 0 Å². The molecule has 2 atom stereocenters. The molecule has 0 radical (unpaired) electrons. The van der Waals surface area contributed by atoms with Gasteiger partial charge in [0.05, 0.1) is 12.1 Å². The maximum absolute atomic E-state index is 14.0. The van der Waals surface area contributed by atoms with Gasteiger partial charge < -0.3 is 29.7 Å². The van der Waals surface area contributed by atoms with E-state index in [1.165, 1.54) is 18.6 Å². The van der Waals surface area contributed by atoms with Crippen molar-refractivity contribution in [2.75, 3.05) is 33.2 Å². The van der Waals surface area contributed by atoms with Gasteiger partial charge in [0, 0.05) is 25.4 Å². The van der Waals surface area contributed by atoms with Crippen molar-refractivity contribution in [3.63, 3.8) is 0 Å². The quantitative estimate of drug-likeness (QED) is 0.194. The van der Waals surface area contributed by atoms with Crippen LogP contribution in [-0.4, -0.2) is 90.0 Å². The Morgan fingerprint density at radius 2 is 1.67 bits per heavy atom. The van der Waals surface area contributed by atoms with Crippen LogP contribution >= 0.6 is 0 Å². The first kappa shape index (κ1) is 32.1. The molecule has 0 unspecified atom stereocenters. The molecule has 2 saturated heterocycles.